The molecule has 1 saturated heterocycles. The number of ether oxygens (including phenoxy) is 1. The highest BCUT2D eigenvalue weighted by Gasteiger charge is 2.30. The molecule has 0 aromatic carbocycles. The van der Waals surface area contributed by atoms with Crippen LogP contribution in [0.25, 0.3) is 17.0 Å². The van der Waals surface area contributed by atoms with Crippen LogP contribution in [0.1, 0.15) is 42.9 Å². The fourth-order valence-electron chi connectivity index (χ4n) is 3.89. The highest BCUT2D eigenvalue weighted by molar-refractivity contribution is 5.68. The first-order valence-electron chi connectivity index (χ1n) is 10.1. The Kier molecular flexibility index (Phi) is 4.52. The molecule has 1 aliphatic heterocycles. The van der Waals surface area contributed by atoms with E-state index in [4.69, 9.17) is 14.8 Å². The zero-order valence-corrected chi connectivity index (χ0v) is 16.4. The van der Waals surface area contributed by atoms with E-state index in [0.717, 1.165) is 56.0 Å². The van der Waals surface area contributed by atoms with Crippen molar-refractivity contribution in [3.8, 4) is 23.2 Å². The number of hydrogen-bond acceptors (Lipinski definition) is 7. The maximum Gasteiger partial charge on any atom is 0.157 e. The van der Waals surface area contributed by atoms with E-state index in [1.54, 1.807) is 17.8 Å². The predicted octanol–water partition coefficient (Wildman–Crippen LogP) is 2.71. The molecule has 1 saturated carbocycles. The van der Waals surface area contributed by atoms with Gasteiger partial charge in [-0.05, 0) is 44.4 Å². The number of nitrogens with one attached hydrogen (secondary N) is 2. The van der Waals surface area contributed by atoms with Crippen molar-refractivity contribution in [2.45, 2.75) is 37.6 Å². The van der Waals surface area contributed by atoms with Gasteiger partial charge in [0.2, 0.25) is 0 Å². The van der Waals surface area contributed by atoms with Crippen molar-refractivity contribution in [2.75, 3.05) is 25.5 Å². The third-order valence-electron chi connectivity index (χ3n) is 5.58. The molecule has 2 fully saturated rings. The second-order valence-electron chi connectivity index (χ2n) is 7.68. The summed E-state index contributed by atoms with van der Waals surface area (Å²) in [5.41, 5.74) is 3.44. The smallest absolute Gasteiger partial charge is 0.157 e. The number of piperidine rings is 1. The highest BCUT2D eigenvalue weighted by atomic mass is 16.5. The van der Waals surface area contributed by atoms with Crippen LogP contribution in [0.2, 0.25) is 0 Å². The minimum absolute atomic E-state index is 0.336. The molecule has 2 aliphatic rings. The molecule has 8 nitrogen and oxygen atoms in total. The Morgan fingerprint density at radius 3 is 2.93 bits per heavy atom. The van der Waals surface area contributed by atoms with Crippen molar-refractivity contribution in [3.05, 3.63) is 35.7 Å². The molecule has 2 N–H and O–H groups in total. The third-order valence-corrected chi connectivity index (χ3v) is 5.58. The van der Waals surface area contributed by atoms with Crippen LogP contribution in [0.15, 0.2) is 24.4 Å². The number of nitriles is 1. The van der Waals surface area contributed by atoms with E-state index in [9.17, 15) is 5.26 Å². The molecule has 0 spiro atoms. The summed E-state index contributed by atoms with van der Waals surface area (Å²) in [4.78, 5) is 9.26. The predicted molar refractivity (Wildman–Crippen MR) is 109 cm³/mol. The normalized spacial score (nSPS) is 19.1. The van der Waals surface area contributed by atoms with Gasteiger partial charge in [0, 0.05) is 24.6 Å². The molecule has 3 aromatic heterocycles. The number of hydrogen-bond donors (Lipinski definition) is 2. The zero-order chi connectivity index (χ0) is 19.8. The summed E-state index contributed by atoms with van der Waals surface area (Å²) in [5.74, 6) is 1.96. The lowest BCUT2D eigenvalue weighted by molar-refractivity contribution is 0.405. The topological polar surface area (TPSA) is 100 Å². The fraction of sp³-hybridized carbons (Fsp3) is 0.429. The molecule has 1 atom stereocenters. The Balaban J connectivity index is 1.57. The van der Waals surface area contributed by atoms with Crippen LogP contribution in [0.3, 0.4) is 0 Å². The number of rotatable bonds is 5. The summed E-state index contributed by atoms with van der Waals surface area (Å²) in [7, 11) is 1.66. The summed E-state index contributed by atoms with van der Waals surface area (Å²) in [6.45, 7) is 1.98. The lowest BCUT2D eigenvalue weighted by Gasteiger charge is -2.24. The molecule has 0 bridgehead atoms. The molecule has 3 aromatic rings. The minimum atomic E-state index is 0.336. The first kappa shape index (κ1) is 17.9. The van der Waals surface area contributed by atoms with Crippen LogP contribution in [0.4, 0.5) is 5.82 Å². The van der Waals surface area contributed by atoms with Gasteiger partial charge in [-0.1, -0.05) is 0 Å². The highest BCUT2D eigenvalue weighted by Crippen LogP contribution is 2.43. The van der Waals surface area contributed by atoms with Crippen LogP contribution < -0.4 is 15.4 Å². The maximum absolute atomic E-state index is 9.65. The van der Waals surface area contributed by atoms with Gasteiger partial charge in [-0.3, -0.25) is 0 Å². The quantitative estimate of drug-likeness (QED) is 0.692. The van der Waals surface area contributed by atoms with Gasteiger partial charge < -0.3 is 15.4 Å². The van der Waals surface area contributed by atoms with E-state index in [1.807, 2.05) is 18.2 Å². The van der Waals surface area contributed by atoms with Crippen molar-refractivity contribution >= 4 is 11.5 Å². The van der Waals surface area contributed by atoms with Crippen molar-refractivity contribution in [2.24, 2.45) is 0 Å². The zero-order valence-electron chi connectivity index (χ0n) is 16.4. The average Bonchev–Trinajstić information content (AvgIpc) is 3.53. The number of fused-ring (bicyclic) bond motifs is 1. The second kappa shape index (κ2) is 7.33. The molecule has 5 rings (SSSR count). The number of methoxy groups -OCH3 is 1. The maximum atomic E-state index is 9.65. The lowest BCUT2D eigenvalue weighted by Crippen LogP contribution is -2.38. The van der Waals surface area contributed by atoms with Gasteiger partial charge in [-0.15, -0.1) is 0 Å². The lowest BCUT2D eigenvalue weighted by atomic mass is 10.1. The van der Waals surface area contributed by atoms with Crippen LogP contribution in [-0.2, 0) is 0 Å². The molecule has 1 unspecified atom stereocenters. The van der Waals surface area contributed by atoms with Crippen molar-refractivity contribution < 1.29 is 4.74 Å². The molecule has 4 heterocycles. The molecular formula is C21H23N7O. The second-order valence-corrected chi connectivity index (χ2v) is 7.68. The Bertz CT molecular complexity index is 1090. The van der Waals surface area contributed by atoms with Gasteiger partial charge >= 0.3 is 0 Å². The van der Waals surface area contributed by atoms with Gasteiger partial charge in [0.05, 0.1) is 18.9 Å². The van der Waals surface area contributed by atoms with Crippen molar-refractivity contribution in [1.29, 1.82) is 5.26 Å². The van der Waals surface area contributed by atoms with Gasteiger partial charge in [-0.25, -0.2) is 14.5 Å². The minimum Gasteiger partial charge on any atom is -0.495 e. The first-order valence-corrected chi connectivity index (χ1v) is 10.1. The SMILES string of the molecule is COc1cc2ncc(-c3nc(NC4CCCNC4)ccc3C#N)n2nc1C1CC1. The van der Waals surface area contributed by atoms with Gasteiger partial charge in [-0.2, -0.15) is 10.4 Å². The molecular weight excluding hydrogens is 366 g/mol. The largest absolute Gasteiger partial charge is 0.495 e. The Morgan fingerprint density at radius 1 is 1.31 bits per heavy atom. The van der Waals surface area contributed by atoms with E-state index >= 15 is 0 Å². The van der Waals surface area contributed by atoms with E-state index in [2.05, 4.69) is 21.7 Å². The molecule has 0 radical (unpaired) electrons. The Hall–Kier alpha value is -3.18. The average molecular weight is 389 g/mol. The van der Waals surface area contributed by atoms with E-state index in [1.165, 1.54) is 0 Å². The summed E-state index contributed by atoms with van der Waals surface area (Å²) < 4.78 is 7.30. The van der Waals surface area contributed by atoms with Gasteiger partial charge in [0.15, 0.2) is 5.65 Å². The first-order chi connectivity index (χ1) is 14.3. The standard InChI is InChI=1S/C21H23N7O/c1-29-17-9-19-24-12-16(28(19)27-21(17)13-4-5-13)20-14(10-22)6-7-18(26-20)25-15-3-2-8-23-11-15/h6-7,9,12-13,15,23H,2-5,8,11H2,1H3,(H,25,26). The monoisotopic (exact) mass is 389 g/mol. The number of anilines is 1. The summed E-state index contributed by atoms with van der Waals surface area (Å²) in [5, 5.41) is 21.3. The molecule has 0 amide bonds. The number of aromatic nitrogens is 4. The molecule has 1 aliphatic carbocycles. The van der Waals surface area contributed by atoms with Gasteiger partial charge in [0.1, 0.15) is 34.7 Å². The third kappa shape index (κ3) is 3.38. The van der Waals surface area contributed by atoms with E-state index in [-0.39, 0.29) is 0 Å². The summed E-state index contributed by atoms with van der Waals surface area (Å²) in [6, 6.07) is 8.18. The number of imidazole rings is 1. The Morgan fingerprint density at radius 2 is 2.21 bits per heavy atom. The van der Waals surface area contributed by atoms with E-state index < -0.39 is 0 Å². The molecule has 148 valence electrons. The van der Waals surface area contributed by atoms with Crippen LogP contribution in [-0.4, -0.2) is 45.8 Å². The van der Waals surface area contributed by atoms with Gasteiger partial charge in [0.25, 0.3) is 0 Å². The fourth-order valence-corrected chi connectivity index (χ4v) is 3.89. The number of nitrogens with zero attached hydrogens (tertiary/aromatic N) is 5. The summed E-state index contributed by atoms with van der Waals surface area (Å²) in [6.07, 6.45) is 6.22. The molecule has 29 heavy (non-hydrogen) atoms. The number of pyridine rings is 1. The van der Waals surface area contributed by atoms with Crippen LogP contribution in [0, 0.1) is 11.3 Å². The van der Waals surface area contributed by atoms with Crippen molar-refractivity contribution in [3.63, 3.8) is 0 Å². The van der Waals surface area contributed by atoms with Crippen LogP contribution >= 0.6 is 0 Å². The van der Waals surface area contributed by atoms with Crippen molar-refractivity contribution in [1.82, 2.24) is 24.9 Å². The summed E-state index contributed by atoms with van der Waals surface area (Å²) >= 11 is 0. The van der Waals surface area contributed by atoms with Crippen LogP contribution in [0.5, 0.6) is 5.75 Å². The Labute approximate surface area is 168 Å². The van der Waals surface area contributed by atoms with E-state index in [0.29, 0.717) is 34.6 Å². The molecule has 8 heteroatoms.